The average Bonchev–Trinajstić information content (AvgIpc) is 2.33. The third-order valence-corrected chi connectivity index (χ3v) is 5.12. The zero-order valence-corrected chi connectivity index (χ0v) is 12.8. The summed E-state index contributed by atoms with van der Waals surface area (Å²) >= 11 is 6.00. The van der Waals surface area contributed by atoms with Crippen LogP contribution in [0.5, 0.6) is 0 Å². The lowest BCUT2D eigenvalue weighted by Gasteiger charge is -2.20. The topological polar surface area (TPSA) is 37.4 Å². The minimum Gasteiger partial charge on any atom is -0.207 e. The maximum Gasteiger partial charge on any atom is 0.243 e. The van der Waals surface area contributed by atoms with Crippen LogP contribution in [0, 0.1) is 13.8 Å². The summed E-state index contributed by atoms with van der Waals surface area (Å²) in [5.74, 6) is 0. The number of halogens is 1. The molecule has 0 bridgehead atoms. The Hall–Kier alpha value is -1.10. The Bertz CT molecular complexity index is 584. The fourth-order valence-electron chi connectivity index (χ4n) is 1.73. The van der Waals surface area contributed by atoms with Crippen molar-refractivity contribution in [1.29, 1.82) is 0 Å². The molecule has 1 aromatic carbocycles. The highest BCUT2D eigenvalue weighted by Gasteiger charge is 2.24. The molecule has 104 valence electrons. The maximum atomic E-state index is 12.6. The molecule has 0 heterocycles. The molecule has 0 aromatic heterocycles. The van der Waals surface area contributed by atoms with Crippen molar-refractivity contribution in [3.63, 3.8) is 0 Å². The van der Waals surface area contributed by atoms with Crippen molar-refractivity contribution in [2.24, 2.45) is 0 Å². The van der Waals surface area contributed by atoms with Crippen molar-refractivity contribution in [2.75, 3.05) is 13.1 Å². The monoisotopic (exact) mass is 299 g/mol. The summed E-state index contributed by atoms with van der Waals surface area (Å²) in [7, 11) is -3.56. The van der Waals surface area contributed by atoms with Gasteiger partial charge in [0.1, 0.15) is 0 Å². The molecule has 19 heavy (non-hydrogen) atoms. The molecular weight excluding hydrogens is 282 g/mol. The molecular formula is C14H18ClNO2S. The van der Waals surface area contributed by atoms with Crippen LogP contribution in [0.2, 0.25) is 5.02 Å². The van der Waals surface area contributed by atoms with Crippen molar-refractivity contribution in [2.45, 2.75) is 18.7 Å². The Morgan fingerprint density at radius 2 is 1.68 bits per heavy atom. The summed E-state index contributed by atoms with van der Waals surface area (Å²) in [6.07, 6.45) is 3.11. The fourth-order valence-corrected chi connectivity index (χ4v) is 3.62. The van der Waals surface area contributed by atoms with E-state index in [0.717, 1.165) is 5.56 Å². The molecule has 3 nitrogen and oxygen atoms in total. The smallest absolute Gasteiger partial charge is 0.207 e. The molecule has 5 heteroatoms. The number of aryl methyl sites for hydroxylation is 2. The van der Waals surface area contributed by atoms with Crippen LogP contribution in [0.25, 0.3) is 0 Å². The van der Waals surface area contributed by atoms with E-state index in [1.165, 1.54) is 4.31 Å². The molecule has 0 fully saturated rings. The van der Waals surface area contributed by atoms with Gasteiger partial charge < -0.3 is 0 Å². The van der Waals surface area contributed by atoms with E-state index in [-0.39, 0.29) is 18.0 Å². The molecule has 1 rings (SSSR count). The first-order chi connectivity index (χ1) is 8.84. The number of benzene rings is 1. The molecule has 0 spiro atoms. The molecule has 0 aliphatic rings. The Labute approximate surface area is 120 Å². The van der Waals surface area contributed by atoms with Crippen LogP contribution in [-0.2, 0) is 10.0 Å². The van der Waals surface area contributed by atoms with E-state index >= 15 is 0 Å². The number of sulfonamides is 1. The number of hydrogen-bond acceptors (Lipinski definition) is 2. The summed E-state index contributed by atoms with van der Waals surface area (Å²) in [5.41, 5.74) is 1.37. The summed E-state index contributed by atoms with van der Waals surface area (Å²) in [4.78, 5) is 0.276. The SMILES string of the molecule is C=CCN(CC=C)S(=O)(=O)c1cc(C)c(Cl)cc1C. The Morgan fingerprint density at radius 1 is 1.16 bits per heavy atom. The Kier molecular flexibility index (Phi) is 5.35. The molecule has 0 amide bonds. The minimum absolute atomic E-state index is 0.246. The van der Waals surface area contributed by atoms with Crippen LogP contribution in [0.1, 0.15) is 11.1 Å². The van der Waals surface area contributed by atoms with Gasteiger partial charge in [0.2, 0.25) is 10.0 Å². The first-order valence-electron chi connectivity index (χ1n) is 5.83. The van der Waals surface area contributed by atoms with Gasteiger partial charge in [-0.15, -0.1) is 13.2 Å². The van der Waals surface area contributed by atoms with E-state index in [4.69, 9.17) is 11.6 Å². The Balaban J connectivity index is 3.36. The zero-order chi connectivity index (χ0) is 14.6. The van der Waals surface area contributed by atoms with E-state index in [0.29, 0.717) is 10.6 Å². The third-order valence-electron chi connectivity index (χ3n) is 2.74. The van der Waals surface area contributed by atoms with Crippen molar-refractivity contribution >= 4 is 21.6 Å². The van der Waals surface area contributed by atoms with Crippen molar-refractivity contribution in [3.8, 4) is 0 Å². The summed E-state index contributed by atoms with van der Waals surface area (Å²) in [6, 6.07) is 3.27. The highest BCUT2D eigenvalue weighted by atomic mass is 35.5. The second kappa shape index (κ2) is 6.37. The van der Waals surface area contributed by atoms with Crippen molar-refractivity contribution < 1.29 is 8.42 Å². The number of hydrogen-bond donors (Lipinski definition) is 0. The van der Waals surface area contributed by atoms with Gasteiger partial charge >= 0.3 is 0 Å². The van der Waals surface area contributed by atoms with Gasteiger partial charge in [-0.1, -0.05) is 23.8 Å². The second-order valence-corrected chi connectivity index (χ2v) is 6.58. The lowest BCUT2D eigenvalue weighted by Crippen LogP contribution is -2.32. The highest BCUT2D eigenvalue weighted by Crippen LogP contribution is 2.26. The molecule has 0 saturated carbocycles. The Morgan fingerprint density at radius 3 is 2.16 bits per heavy atom. The second-order valence-electron chi connectivity index (χ2n) is 4.27. The predicted octanol–water partition coefficient (Wildman–Crippen LogP) is 3.32. The van der Waals surface area contributed by atoms with Crippen LogP contribution in [0.4, 0.5) is 0 Å². The van der Waals surface area contributed by atoms with Gasteiger partial charge in [-0.25, -0.2) is 8.42 Å². The number of nitrogens with zero attached hydrogens (tertiary/aromatic N) is 1. The lowest BCUT2D eigenvalue weighted by molar-refractivity contribution is 0.473. The van der Waals surface area contributed by atoms with Gasteiger partial charge in [-0.3, -0.25) is 0 Å². The van der Waals surface area contributed by atoms with Gasteiger partial charge in [0, 0.05) is 18.1 Å². The van der Waals surface area contributed by atoms with Crippen LogP contribution in [-0.4, -0.2) is 25.8 Å². The lowest BCUT2D eigenvalue weighted by atomic mass is 10.2. The van der Waals surface area contributed by atoms with Crippen LogP contribution < -0.4 is 0 Å². The molecule has 0 N–H and O–H groups in total. The average molecular weight is 300 g/mol. The standard InChI is InChI=1S/C14H18ClNO2S/c1-5-7-16(8-6-2)19(17,18)14-10-11(3)13(15)9-12(14)4/h5-6,9-10H,1-2,7-8H2,3-4H3. The summed E-state index contributed by atoms with van der Waals surface area (Å²) in [5, 5.41) is 0.565. The van der Waals surface area contributed by atoms with Gasteiger partial charge in [0.15, 0.2) is 0 Å². The van der Waals surface area contributed by atoms with E-state index in [1.54, 1.807) is 38.1 Å². The first-order valence-corrected chi connectivity index (χ1v) is 7.65. The zero-order valence-electron chi connectivity index (χ0n) is 11.2. The maximum absolute atomic E-state index is 12.6. The third kappa shape index (κ3) is 3.47. The molecule has 0 atom stereocenters. The first kappa shape index (κ1) is 16.0. The summed E-state index contributed by atoms with van der Waals surface area (Å²) in [6.45, 7) is 11.2. The molecule has 0 aliphatic heterocycles. The van der Waals surface area contributed by atoms with Gasteiger partial charge in [0.05, 0.1) is 4.90 Å². The molecule has 0 unspecified atom stereocenters. The molecule has 1 aromatic rings. The highest BCUT2D eigenvalue weighted by molar-refractivity contribution is 7.89. The normalized spacial score (nSPS) is 11.6. The summed E-state index contributed by atoms with van der Waals surface area (Å²) < 4.78 is 26.5. The van der Waals surface area contributed by atoms with Gasteiger partial charge in [-0.2, -0.15) is 4.31 Å². The van der Waals surface area contributed by atoms with E-state index in [9.17, 15) is 8.42 Å². The van der Waals surface area contributed by atoms with E-state index in [2.05, 4.69) is 13.2 Å². The van der Waals surface area contributed by atoms with Crippen molar-refractivity contribution in [1.82, 2.24) is 4.31 Å². The van der Waals surface area contributed by atoms with Crippen LogP contribution in [0.3, 0.4) is 0 Å². The van der Waals surface area contributed by atoms with Gasteiger partial charge in [-0.05, 0) is 37.1 Å². The van der Waals surface area contributed by atoms with E-state index in [1.807, 2.05) is 0 Å². The molecule has 0 saturated heterocycles. The minimum atomic E-state index is -3.56. The van der Waals surface area contributed by atoms with Crippen molar-refractivity contribution in [3.05, 3.63) is 53.6 Å². The molecule has 0 aliphatic carbocycles. The van der Waals surface area contributed by atoms with Crippen LogP contribution in [0.15, 0.2) is 42.3 Å². The quantitative estimate of drug-likeness (QED) is 0.756. The fraction of sp³-hybridized carbons (Fsp3) is 0.286. The van der Waals surface area contributed by atoms with E-state index < -0.39 is 10.0 Å². The largest absolute Gasteiger partial charge is 0.243 e. The van der Waals surface area contributed by atoms with Gasteiger partial charge in [0.25, 0.3) is 0 Å². The predicted molar refractivity (Wildman–Crippen MR) is 80.1 cm³/mol. The van der Waals surface area contributed by atoms with Crippen LogP contribution >= 0.6 is 11.6 Å². The number of rotatable bonds is 6. The molecule has 0 radical (unpaired) electrons.